The van der Waals surface area contributed by atoms with Gasteiger partial charge in [-0.2, -0.15) is 0 Å². The summed E-state index contributed by atoms with van der Waals surface area (Å²) in [5, 5.41) is 5.69. The molecule has 4 heteroatoms. The van der Waals surface area contributed by atoms with E-state index in [2.05, 4.69) is 35.6 Å². The third kappa shape index (κ3) is 4.05. The molecule has 0 bridgehead atoms. The van der Waals surface area contributed by atoms with Crippen molar-refractivity contribution in [3.05, 3.63) is 48.0 Å². The molecule has 0 aliphatic heterocycles. The van der Waals surface area contributed by atoms with Crippen LogP contribution in [0.1, 0.15) is 12.0 Å². The standard InChI is InChI=1S/C16H21NO2S/c1-17-15(10-11-20(2,18)19)12-14-8-5-7-13-6-3-4-9-16(13)14/h3-9,15,17H,10-12H2,1-2H3. The lowest BCUT2D eigenvalue weighted by atomic mass is 9.98. The first-order valence-electron chi connectivity index (χ1n) is 6.81. The van der Waals surface area contributed by atoms with E-state index in [1.165, 1.54) is 22.6 Å². The Morgan fingerprint density at radius 3 is 2.50 bits per heavy atom. The fraction of sp³-hybridized carbons (Fsp3) is 0.375. The van der Waals surface area contributed by atoms with E-state index in [0.29, 0.717) is 6.42 Å². The summed E-state index contributed by atoms with van der Waals surface area (Å²) in [6.45, 7) is 0. The third-order valence-corrected chi connectivity index (χ3v) is 4.57. The van der Waals surface area contributed by atoms with E-state index in [4.69, 9.17) is 0 Å². The van der Waals surface area contributed by atoms with Gasteiger partial charge in [0.05, 0.1) is 5.75 Å². The lowest BCUT2D eigenvalue weighted by Gasteiger charge is -2.17. The van der Waals surface area contributed by atoms with Crippen LogP contribution in [0.3, 0.4) is 0 Å². The van der Waals surface area contributed by atoms with Gasteiger partial charge in [0.1, 0.15) is 9.84 Å². The summed E-state index contributed by atoms with van der Waals surface area (Å²) in [4.78, 5) is 0. The van der Waals surface area contributed by atoms with Gasteiger partial charge in [-0.1, -0.05) is 42.5 Å². The molecule has 20 heavy (non-hydrogen) atoms. The molecule has 0 saturated carbocycles. The number of hydrogen-bond donors (Lipinski definition) is 1. The monoisotopic (exact) mass is 291 g/mol. The summed E-state index contributed by atoms with van der Waals surface area (Å²) >= 11 is 0. The molecule has 2 rings (SSSR count). The SMILES string of the molecule is CNC(CCS(C)(=O)=O)Cc1cccc2ccccc12. The highest BCUT2D eigenvalue weighted by atomic mass is 32.2. The van der Waals surface area contributed by atoms with Gasteiger partial charge in [0.15, 0.2) is 0 Å². The topological polar surface area (TPSA) is 46.2 Å². The number of hydrogen-bond acceptors (Lipinski definition) is 3. The molecule has 3 nitrogen and oxygen atoms in total. The normalized spacial score (nSPS) is 13.5. The lowest BCUT2D eigenvalue weighted by molar-refractivity contribution is 0.536. The van der Waals surface area contributed by atoms with Gasteiger partial charge >= 0.3 is 0 Å². The minimum Gasteiger partial charge on any atom is -0.317 e. The van der Waals surface area contributed by atoms with Crippen molar-refractivity contribution in [2.45, 2.75) is 18.9 Å². The second-order valence-corrected chi connectivity index (χ2v) is 7.51. The molecule has 2 aromatic rings. The largest absolute Gasteiger partial charge is 0.317 e. The average molecular weight is 291 g/mol. The fourth-order valence-electron chi connectivity index (χ4n) is 2.44. The van der Waals surface area contributed by atoms with Crippen molar-refractivity contribution in [2.75, 3.05) is 19.1 Å². The van der Waals surface area contributed by atoms with Crippen LogP contribution in [0.2, 0.25) is 0 Å². The van der Waals surface area contributed by atoms with Crippen molar-refractivity contribution < 1.29 is 8.42 Å². The van der Waals surface area contributed by atoms with Crippen LogP contribution in [0, 0.1) is 0 Å². The molecule has 2 aromatic carbocycles. The molecule has 0 heterocycles. The van der Waals surface area contributed by atoms with Gasteiger partial charge in [0.25, 0.3) is 0 Å². The molecule has 0 saturated heterocycles. The summed E-state index contributed by atoms with van der Waals surface area (Å²) in [5.74, 6) is 0.225. The minimum atomic E-state index is -2.90. The van der Waals surface area contributed by atoms with E-state index < -0.39 is 9.84 Å². The zero-order chi connectivity index (χ0) is 14.6. The molecule has 0 spiro atoms. The maximum Gasteiger partial charge on any atom is 0.147 e. The highest BCUT2D eigenvalue weighted by Crippen LogP contribution is 2.20. The van der Waals surface area contributed by atoms with Crippen LogP contribution in [-0.4, -0.2) is 33.5 Å². The zero-order valence-corrected chi connectivity index (χ0v) is 12.8. The van der Waals surface area contributed by atoms with Crippen molar-refractivity contribution in [2.24, 2.45) is 0 Å². The van der Waals surface area contributed by atoms with E-state index in [1.54, 1.807) is 0 Å². The van der Waals surface area contributed by atoms with Crippen LogP contribution < -0.4 is 5.32 Å². The number of benzene rings is 2. The van der Waals surface area contributed by atoms with Gasteiger partial charge in [0.2, 0.25) is 0 Å². The number of nitrogens with one attached hydrogen (secondary N) is 1. The molecule has 0 fully saturated rings. The first kappa shape index (κ1) is 15.0. The molecule has 0 aromatic heterocycles. The number of fused-ring (bicyclic) bond motifs is 1. The molecule has 1 atom stereocenters. The van der Waals surface area contributed by atoms with Crippen molar-refractivity contribution in [1.29, 1.82) is 0 Å². The molecule has 0 amide bonds. The Labute approximate surface area is 120 Å². The van der Waals surface area contributed by atoms with Gasteiger partial charge in [-0.05, 0) is 36.2 Å². The molecule has 1 N–H and O–H groups in total. The minimum absolute atomic E-state index is 0.176. The Balaban J connectivity index is 2.17. The number of rotatable bonds is 6. The third-order valence-electron chi connectivity index (χ3n) is 3.59. The summed E-state index contributed by atoms with van der Waals surface area (Å²) in [5.41, 5.74) is 1.26. The first-order valence-corrected chi connectivity index (χ1v) is 8.87. The molecule has 0 aliphatic rings. The molecule has 0 radical (unpaired) electrons. The van der Waals surface area contributed by atoms with Crippen LogP contribution in [0.15, 0.2) is 42.5 Å². The quantitative estimate of drug-likeness (QED) is 0.889. The molecule has 108 valence electrons. The highest BCUT2D eigenvalue weighted by molar-refractivity contribution is 7.90. The van der Waals surface area contributed by atoms with Crippen molar-refractivity contribution >= 4 is 20.6 Å². The maximum atomic E-state index is 11.3. The van der Waals surface area contributed by atoms with Gasteiger partial charge in [-0.15, -0.1) is 0 Å². The van der Waals surface area contributed by atoms with E-state index in [1.807, 2.05) is 19.2 Å². The van der Waals surface area contributed by atoms with Crippen LogP contribution in [0.4, 0.5) is 0 Å². The van der Waals surface area contributed by atoms with E-state index in [0.717, 1.165) is 6.42 Å². The van der Waals surface area contributed by atoms with E-state index >= 15 is 0 Å². The van der Waals surface area contributed by atoms with Crippen LogP contribution in [0.5, 0.6) is 0 Å². The summed E-state index contributed by atoms with van der Waals surface area (Å²) in [6.07, 6.45) is 2.77. The Morgan fingerprint density at radius 1 is 1.10 bits per heavy atom. The molecular formula is C16H21NO2S. The summed E-state index contributed by atoms with van der Waals surface area (Å²) < 4.78 is 22.6. The molecule has 0 aliphatic carbocycles. The van der Waals surface area contributed by atoms with Crippen LogP contribution in [0.25, 0.3) is 10.8 Å². The Hall–Kier alpha value is -1.39. The van der Waals surface area contributed by atoms with Crippen molar-refractivity contribution in [3.8, 4) is 0 Å². The Bertz CT molecular complexity index is 674. The van der Waals surface area contributed by atoms with Crippen molar-refractivity contribution in [1.82, 2.24) is 5.32 Å². The number of sulfone groups is 1. The van der Waals surface area contributed by atoms with Crippen LogP contribution in [-0.2, 0) is 16.3 Å². The smallest absolute Gasteiger partial charge is 0.147 e. The predicted molar refractivity (Wildman–Crippen MR) is 84.8 cm³/mol. The summed E-state index contributed by atoms with van der Waals surface area (Å²) in [6, 6.07) is 14.7. The van der Waals surface area contributed by atoms with Gasteiger partial charge in [-0.3, -0.25) is 0 Å². The van der Waals surface area contributed by atoms with Gasteiger partial charge in [-0.25, -0.2) is 8.42 Å². The Morgan fingerprint density at radius 2 is 1.80 bits per heavy atom. The second kappa shape index (κ2) is 6.37. The van der Waals surface area contributed by atoms with E-state index in [9.17, 15) is 8.42 Å². The molecular weight excluding hydrogens is 270 g/mol. The highest BCUT2D eigenvalue weighted by Gasteiger charge is 2.12. The zero-order valence-electron chi connectivity index (χ0n) is 12.0. The van der Waals surface area contributed by atoms with Crippen LogP contribution >= 0.6 is 0 Å². The van der Waals surface area contributed by atoms with Crippen molar-refractivity contribution in [3.63, 3.8) is 0 Å². The first-order chi connectivity index (χ1) is 9.49. The second-order valence-electron chi connectivity index (χ2n) is 5.25. The maximum absolute atomic E-state index is 11.3. The van der Waals surface area contributed by atoms with E-state index in [-0.39, 0.29) is 11.8 Å². The molecule has 1 unspecified atom stereocenters. The summed E-state index contributed by atoms with van der Waals surface area (Å²) in [7, 11) is -1.02. The fourth-order valence-corrected chi connectivity index (χ4v) is 3.15. The average Bonchev–Trinajstić information content (AvgIpc) is 2.42. The predicted octanol–water partition coefficient (Wildman–Crippen LogP) is 2.41. The Kier molecular flexibility index (Phi) is 4.78. The van der Waals surface area contributed by atoms with Gasteiger partial charge in [0, 0.05) is 12.3 Å². The number of likely N-dealkylation sites (N-methyl/N-ethyl adjacent to an activating group) is 1. The lowest BCUT2D eigenvalue weighted by Crippen LogP contribution is -2.30. The van der Waals surface area contributed by atoms with Gasteiger partial charge < -0.3 is 5.32 Å².